The van der Waals surface area contributed by atoms with Gasteiger partial charge in [-0.05, 0) is 31.5 Å². The van der Waals surface area contributed by atoms with Crippen LogP contribution >= 0.6 is 11.3 Å². The van der Waals surface area contributed by atoms with Crippen LogP contribution in [0.4, 0.5) is 0 Å². The second-order valence-corrected chi connectivity index (χ2v) is 7.08. The molecular weight excluding hydrogens is 294 g/mol. The average molecular weight is 311 g/mol. The highest BCUT2D eigenvalue weighted by Crippen LogP contribution is 2.18. The Hall–Kier alpha value is -1.28. The van der Waals surface area contributed by atoms with E-state index in [1.54, 1.807) is 23.5 Å². The highest BCUT2D eigenvalue weighted by Gasteiger charge is 2.10. The van der Waals surface area contributed by atoms with Gasteiger partial charge in [0.15, 0.2) is 0 Å². The second kappa shape index (κ2) is 6.01. The lowest BCUT2D eigenvalue weighted by Crippen LogP contribution is -2.18. The molecule has 0 radical (unpaired) electrons. The molecule has 0 aliphatic carbocycles. The summed E-state index contributed by atoms with van der Waals surface area (Å²) in [5.41, 5.74) is 3.89. The topological polar surface area (TPSA) is 85.1 Å². The van der Waals surface area contributed by atoms with E-state index in [9.17, 15) is 8.42 Å². The van der Waals surface area contributed by atoms with Crippen molar-refractivity contribution in [1.29, 1.82) is 0 Å². The van der Waals surface area contributed by atoms with Crippen LogP contribution in [-0.4, -0.2) is 13.4 Å². The zero-order chi connectivity index (χ0) is 14.8. The Morgan fingerprint density at radius 2 is 2.00 bits per heavy atom. The van der Waals surface area contributed by atoms with E-state index in [4.69, 9.17) is 5.14 Å². The fourth-order valence-corrected chi connectivity index (χ4v) is 3.05. The van der Waals surface area contributed by atoms with Gasteiger partial charge in [-0.25, -0.2) is 18.5 Å². The van der Waals surface area contributed by atoms with Gasteiger partial charge >= 0.3 is 0 Å². The number of aryl methyl sites for hydroxylation is 1. The summed E-state index contributed by atoms with van der Waals surface area (Å²) >= 11 is 1.62. The maximum Gasteiger partial charge on any atom is 0.238 e. The highest BCUT2D eigenvalue weighted by molar-refractivity contribution is 7.89. The van der Waals surface area contributed by atoms with Gasteiger partial charge in [0.25, 0.3) is 0 Å². The molecule has 0 aliphatic heterocycles. The van der Waals surface area contributed by atoms with Crippen LogP contribution in [0.25, 0.3) is 0 Å². The molecule has 0 amide bonds. The molecule has 0 fully saturated rings. The van der Waals surface area contributed by atoms with Gasteiger partial charge in [-0.15, -0.1) is 11.3 Å². The first-order valence-corrected chi connectivity index (χ1v) is 8.55. The number of rotatable bonds is 5. The Labute approximate surface area is 122 Å². The molecule has 108 valence electrons. The van der Waals surface area contributed by atoms with Crippen LogP contribution in [0.2, 0.25) is 0 Å². The summed E-state index contributed by atoms with van der Waals surface area (Å²) < 4.78 is 22.4. The van der Waals surface area contributed by atoms with E-state index in [1.165, 1.54) is 17.0 Å². The summed E-state index contributed by atoms with van der Waals surface area (Å²) in [5.74, 6) is 0. The summed E-state index contributed by atoms with van der Waals surface area (Å²) in [5, 5.41) is 8.46. The summed E-state index contributed by atoms with van der Waals surface area (Å²) in [4.78, 5) is 5.54. The van der Waals surface area contributed by atoms with E-state index in [-0.39, 0.29) is 10.9 Å². The van der Waals surface area contributed by atoms with Gasteiger partial charge < -0.3 is 5.32 Å². The lowest BCUT2D eigenvalue weighted by Gasteiger charge is -2.14. The third-order valence-corrected chi connectivity index (χ3v) is 4.99. The number of nitrogens with two attached hydrogens (primary N) is 1. The van der Waals surface area contributed by atoms with Crippen LogP contribution in [0.1, 0.15) is 29.1 Å². The van der Waals surface area contributed by atoms with Gasteiger partial charge in [0.2, 0.25) is 10.0 Å². The lowest BCUT2D eigenvalue weighted by molar-refractivity contribution is 0.576. The van der Waals surface area contributed by atoms with E-state index in [0.29, 0.717) is 0 Å². The number of thiazole rings is 1. The van der Waals surface area contributed by atoms with Crippen molar-refractivity contribution in [2.45, 2.75) is 31.3 Å². The molecule has 0 saturated carbocycles. The normalized spacial score (nSPS) is 13.3. The number of hydrogen-bond donors (Lipinski definition) is 2. The summed E-state index contributed by atoms with van der Waals surface area (Å²) in [6.07, 6.45) is 0. The maximum absolute atomic E-state index is 11.2. The molecule has 1 aromatic carbocycles. The second-order valence-electron chi connectivity index (χ2n) is 4.58. The number of hydrogen-bond acceptors (Lipinski definition) is 5. The predicted molar refractivity (Wildman–Crippen MR) is 79.9 cm³/mol. The van der Waals surface area contributed by atoms with E-state index in [2.05, 4.69) is 10.3 Å². The predicted octanol–water partition coefficient (Wildman–Crippen LogP) is 1.95. The van der Waals surface area contributed by atoms with Crippen LogP contribution in [0.5, 0.6) is 0 Å². The molecule has 0 bridgehead atoms. The number of nitrogens with one attached hydrogen (secondary N) is 1. The van der Waals surface area contributed by atoms with Crippen molar-refractivity contribution in [2.75, 3.05) is 0 Å². The first kappa shape index (κ1) is 15.1. The molecule has 0 spiro atoms. The van der Waals surface area contributed by atoms with Crippen molar-refractivity contribution in [3.63, 3.8) is 0 Å². The van der Waals surface area contributed by atoms with Gasteiger partial charge in [-0.3, -0.25) is 0 Å². The Morgan fingerprint density at radius 1 is 1.35 bits per heavy atom. The van der Waals surface area contributed by atoms with Gasteiger partial charge in [0.1, 0.15) is 0 Å². The number of aromatic nitrogens is 1. The van der Waals surface area contributed by atoms with Crippen molar-refractivity contribution >= 4 is 21.4 Å². The Balaban J connectivity index is 2.03. The lowest BCUT2D eigenvalue weighted by atomic mass is 10.1. The molecular formula is C13H17N3O2S2. The van der Waals surface area contributed by atoms with E-state index >= 15 is 0 Å². The quantitative estimate of drug-likeness (QED) is 0.884. The van der Waals surface area contributed by atoms with E-state index < -0.39 is 10.0 Å². The third-order valence-electron chi connectivity index (χ3n) is 3.12. The molecule has 7 heteroatoms. The fourth-order valence-electron chi connectivity index (χ4n) is 1.81. The largest absolute Gasteiger partial charge is 0.305 e. The van der Waals surface area contributed by atoms with Crippen molar-refractivity contribution < 1.29 is 8.42 Å². The molecule has 1 unspecified atom stereocenters. The minimum absolute atomic E-state index is 0.117. The molecule has 1 atom stereocenters. The Bertz CT molecular complexity index is 678. The minimum Gasteiger partial charge on any atom is -0.305 e. The molecule has 2 rings (SSSR count). The molecule has 1 heterocycles. The van der Waals surface area contributed by atoms with Crippen LogP contribution in [-0.2, 0) is 16.6 Å². The standard InChI is InChI=1S/C13H17N3O2S2/c1-9(15-7-13-10(2)16-8-19-13)11-3-5-12(6-4-11)20(14,17)18/h3-6,8-9,15H,7H2,1-2H3,(H2,14,17,18). The van der Waals surface area contributed by atoms with Gasteiger partial charge in [-0.2, -0.15) is 0 Å². The number of primary sulfonamides is 1. The van der Waals surface area contributed by atoms with Crippen LogP contribution in [0, 0.1) is 6.92 Å². The molecule has 0 aliphatic rings. The number of sulfonamides is 1. The monoisotopic (exact) mass is 311 g/mol. The Morgan fingerprint density at radius 3 is 2.50 bits per heavy atom. The minimum atomic E-state index is -3.63. The van der Waals surface area contributed by atoms with E-state index in [1.807, 2.05) is 19.4 Å². The van der Waals surface area contributed by atoms with Crippen LogP contribution in [0.3, 0.4) is 0 Å². The zero-order valence-corrected chi connectivity index (χ0v) is 13.0. The van der Waals surface area contributed by atoms with Gasteiger partial charge in [0.05, 0.1) is 16.1 Å². The molecule has 0 saturated heterocycles. The van der Waals surface area contributed by atoms with Crippen LogP contribution in [0.15, 0.2) is 34.7 Å². The third kappa shape index (κ3) is 3.63. The zero-order valence-electron chi connectivity index (χ0n) is 11.3. The van der Waals surface area contributed by atoms with E-state index in [0.717, 1.165) is 17.8 Å². The van der Waals surface area contributed by atoms with Crippen molar-refractivity contribution in [3.05, 3.63) is 45.9 Å². The van der Waals surface area contributed by atoms with Gasteiger partial charge in [-0.1, -0.05) is 12.1 Å². The first-order chi connectivity index (χ1) is 9.38. The van der Waals surface area contributed by atoms with Crippen LogP contribution < -0.4 is 10.5 Å². The Kier molecular flexibility index (Phi) is 4.54. The molecule has 1 aromatic heterocycles. The van der Waals surface area contributed by atoms with Crippen molar-refractivity contribution in [1.82, 2.24) is 10.3 Å². The molecule has 5 nitrogen and oxygen atoms in total. The smallest absolute Gasteiger partial charge is 0.238 e. The van der Waals surface area contributed by atoms with Crippen molar-refractivity contribution in [3.8, 4) is 0 Å². The SMILES string of the molecule is Cc1ncsc1CNC(C)c1ccc(S(N)(=O)=O)cc1. The number of benzene rings is 1. The maximum atomic E-state index is 11.2. The highest BCUT2D eigenvalue weighted by atomic mass is 32.2. The molecule has 2 aromatic rings. The molecule has 3 N–H and O–H groups in total. The van der Waals surface area contributed by atoms with Gasteiger partial charge in [0, 0.05) is 17.5 Å². The average Bonchev–Trinajstić information content (AvgIpc) is 2.81. The fraction of sp³-hybridized carbons (Fsp3) is 0.308. The number of nitrogens with zero attached hydrogens (tertiary/aromatic N) is 1. The van der Waals surface area contributed by atoms with Crippen molar-refractivity contribution in [2.24, 2.45) is 5.14 Å². The molecule has 20 heavy (non-hydrogen) atoms. The first-order valence-electron chi connectivity index (χ1n) is 6.13. The summed E-state index contributed by atoms with van der Waals surface area (Å²) in [6.45, 7) is 4.76. The summed E-state index contributed by atoms with van der Waals surface area (Å²) in [7, 11) is -3.63. The summed E-state index contributed by atoms with van der Waals surface area (Å²) in [6, 6.07) is 6.72.